The number of carboxylic acids is 2. The van der Waals surface area contributed by atoms with Crippen molar-refractivity contribution in [2.24, 2.45) is 92.7 Å². The van der Waals surface area contributed by atoms with Crippen molar-refractivity contribution in [2.45, 2.75) is 194 Å². The Bertz CT molecular complexity index is 1320. The van der Waals surface area contributed by atoms with E-state index in [0.717, 1.165) is 51.4 Å². The number of aliphatic hydroxyl groups excluding tert-OH is 4. The Morgan fingerprint density at radius 2 is 0.860 bits per heavy atom. The molecule has 0 saturated heterocycles. The van der Waals surface area contributed by atoms with E-state index in [1.54, 1.807) is 0 Å². The molecule has 20 atom stereocenters. The average Bonchev–Trinajstić information content (AvgIpc) is 3.68. The van der Waals surface area contributed by atoms with Gasteiger partial charge in [0, 0.05) is 11.9 Å². The van der Waals surface area contributed by atoms with Gasteiger partial charge in [-0.3, -0.25) is 0 Å². The van der Waals surface area contributed by atoms with Crippen LogP contribution < -0.4 is 10.2 Å². The largest absolute Gasteiger partial charge is 2.00 e. The van der Waals surface area contributed by atoms with Crippen molar-refractivity contribution in [2.75, 3.05) is 0 Å². The summed E-state index contributed by atoms with van der Waals surface area (Å²) in [5.74, 6) is 3.99. The summed E-state index contributed by atoms with van der Waals surface area (Å²) in [5, 5.41) is 64.7. The van der Waals surface area contributed by atoms with Crippen molar-refractivity contribution in [3.63, 3.8) is 0 Å². The van der Waals surface area contributed by atoms with Crippen LogP contribution in [0.15, 0.2) is 0 Å². The second-order valence-electron chi connectivity index (χ2n) is 22.7. The van der Waals surface area contributed by atoms with Gasteiger partial charge in [-0.05, 0) is 221 Å². The molecule has 0 aromatic heterocycles. The molecule has 0 amide bonds. The molecule has 0 heterocycles. The maximum Gasteiger partial charge on any atom is 2.00 e. The van der Waals surface area contributed by atoms with Crippen molar-refractivity contribution in [3.05, 3.63) is 0 Å². The Morgan fingerprint density at radius 1 is 0.526 bits per heavy atom. The number of carboxylic acid groups (broad SMARTS) is 2. The Morgan fingerprint density at radius 3 is 1.21 bits per heavy atom. The third kappa shape index (κ3) is 8.18. The van der Waals surface area contributed by atoms with Crippen LogP contribution in [-0.4, -0.2) is 79.8 Å². The SMILES string of the molecule is C[C@H](CCC(=O)[O-])[C@H]1CC[C@H]2[C@@H]3[C@@H](O)C[C@@H]4C[C@H](O)CC[C@]4(C)[C@H]3CC[C@]12C.C[C@H](CCC(=O)[O-])[C@H]1CC[C@H]2[C@@H]3[C@@H](O)C[C@@H]4C[C@H](O)CC[C@]4(C)[C@H]3CC[C@]12C.[Mg+2]. The Balaban J connectivity index is 0.000000189. The second kappa shape index (κ2) is 17.4. The van der Waals surface area contributed by atoms with Gasteiger partial charge in [0.05, 0.1) is 24.4 Å². The van der Waals surface area contributed by atoms with Crippen LogP contribution in [0.2, 0.25) is 0 Å². The summed E-state index contributed by atoms with van der Waals surface area (Å²) in [5.41, 5.74) is 0.988. The number of aliphatic hydroxyl groups is 4. The molecule has 0 aliphatic heterocycles. The smallest absolute Gasteiger partial charge is 0.550 e. The quantitative estimate of drug-likeness (QED) is 0.221. The summed E-state index contributed by atoms with van der Waals surface area (Å²) >= 11 is 0. The van der Waals surface area contributed by atoms with E-state index in [1.165, 1.54) is 51.4 Å². The first-order valence-electron chi connectivity index (χ1n) is 23.4. The minimum Gasteiger partial charge on any atom is -0.550 e. The summed E-state index contributed by atoms with van der Waals surface area (Å²) < 4.78 is 0. The van der Waals surface area contributed by atoms with Crippen LogP contribution in [0.25, 0.3) is 0 Å². The van der Waals surface area contributed by atoms with E-state index in [-0.39, 0.29) is 82.0 Å². The van der Waals surface area contributed by atoms with E-state index >= 15 is 0 Å². The van der Waals surface area contributed by atoms with Gasteiger partial charge in [-0.15, -0.1) is 0 Å². The van der Waals surface area contributed by atoms with Crippen LogP contribution in [0.4, 0.5) is 0 Å². The predicted molar refractivity (Wildman–Crippen MR) is 218 cm³/mol. The van der Waals surface area contributed by atoms with Gasteiger partial charge in [0.15, 0.2) is 0 Å². The normalized spacial score (nSPS) is 50.8. The molecule has 57 heavy (non-hydrogen) atoms. The van der Waals surface area contributed by atoms with Gasteiger partial charge in [-0.2, -0.15) is 0 Å². The number of aliphatic carboxylic acids is 2. The number of carbonyl (C=O) groups is 2. The molecule has 8 aliphatic carbocycles. The van der Waals surface area contributed by atoms with Gasteiger partial charge in [-0.1, -0.05) is 41.5 Å². The summed E-state index contributed by atoms with van der Waals surface area (Å²) in [6.07, 6.45) is 17.8. The molecule has 4 N–H and O–H groups in total. The van der Waals surface area contributed by atoms with Gasteiger partial charge in [0.25, 0.3) is 0 Å². The third-order valence-electron chi connectivity index (χ3n) is 20.4. The van der Waals surface area contributed by atoms with Crippen molar-refractivity contribution in [1.82, 2.24) is 0 Å². The fraction of sp³-hybridized carbons (Fsp3) is 0.958. The zero-order chi connectivity index (χ0) is 40.5. The molecule has 0 bridgehead atoms. The molecule has 0 aromatic rings. The van der Waals surface area contributed by atoms with E-state index in [2.05, 4.69) is 41.5 Å². The van der Waals surface area contributed by atoms with E-state index < -0.39 is 11.9 Å². The van der Waals surface area contributed by atoms with Gasteiger partial charge < -0.3 is 40.2 Å². The zero-order valence-electron chi connectivity index (χ0n) is 36.5. The van der Waals surface area contributed by atoms with E-state index in [4.69, 9.17) is 0 Å². The molecule has 8 rings (SSSR count). The van der Waals surface area contributed by atoms with Crippen LogP contribution >= 0.6 is 0 Å². The molecule has 0 unspecified atom stereocenters. The predicted octanol–water partition coefficient (Wildman–Crippen LogP) is 5.91. The number of carbonyl (C=O) groups excluding carboxylic acids is 2. The number of fused-ring (bicyclic) bond motifs is 10. The van der Waals surface area contributed by atoms with Gasteiger partial charge in [0.1, 0.15) is 0 Å². The molecule has 0 aromatic carbocycles. The summed E-state index contributed by atoms with van der Waals surface area (Å²) in [6.45, 7) is 14.2. The minimum atomic E-state index is -0.934. The fourth-order valence-corrected chi connectivity index (χ4v) is 17.4. The molecule has 8 fully saturated rings. The fourth-order valence-electron chi connectivity index (χ4n) is 17.4. The van der Waals surface area contributed by atoms with Gasteiger partial charge >= 0.3 is 23.1 Å². The minimum absolute atomic E-state index is 0. The van der Waals surface area contributed by atoms with E-state index in [9.17, 15) is 40.2 Å². The van der Waals surface area contributed by atoms with Crippen molar-refractivity contribution >= 4 is 35.0 Å². The summed E-state index contributed by atoms with van der Waals surface area (Å²) in [7, 11) is 0. The molecule has 0 spiro atoms. The van der Waals surface area contributed by atoms with Gasteiger partial charge in [-0.25, -0.2) is 0 Å². The zero-order valence-corrected chi connectivity index (χ0v) is 37.9. The van der Waals surface area contributed by atoms with E-state index in [0.29, 0.717) is 83.9 Å². The third-order valence-corrected chi connectivity index (χ3v) is 20.4. The van der Waals surface area contributed by atoms with Crippen LogP contribution in [0.5, 0.6) is 0 Å². The van der Waals surface area contributed by atoms with Crippen LogP contribution in [0.3, 0.4) is 0 Å². The molecular formula is C48H78MgO8. The van der Waals surface area contributed by atoms with Crippen LogP contribution in [0.1, 0.15) is 170 Å². The van der Waals surface area contributed by atoms with Gasteiger partial charge in [0.2, 0.25) is 0 Å². The monoisotopic (exact) mass is 807 g/mol. The Kier molecular flexibility index (Phi) is 14.0. The number of hydrogen-bond acceptors (Lipinski definition) is 8. The summed E-state index contributed by atoms with van der Waals surface area (Å²) in [6, 6.07) is 0. The molecule has 320 valence electrons. The molecule has 8 saturated carbocycles. The molecule has 0 radical (unpaired) electrons. The molecule has 8 nitrogen and oxygen atoms in total. The second-order valence-corrected chi connectivity index (χ2v) is 22.7. The average molecular weight is 807 g/mol. The first kappa shape index (κ1) is 46.1. The first-order chi connectivity index (χ1) is 26.3. The number of hydrogen-bond donors (Lipinski definition) is 4. The molecular weight excluding hydrogens is 729 g/mol. The Hall–Kier alpha value is -0.454. The molecule has 8 aliphatic rings. The maximum atomic E-state index is 11.2. The van der Waals surface area contributed by atoms with E-state index in [1.807, 2.05) is 0 Å². The van der Waals surface area contributed by atoms with Crippen molar-refractivity contribution in [3.8, 4) is 0 Å². The van der Waals surface area contributed by atoms with Crippen LogP contribution in [-0.2, 0) is 9.59 Å². The Labute approximate surface area is 360 Å². The topological polar surface area (TPSA) is 161 Å². The van der Waals surface area contributed by atoms with Crippen molar-refractivity contribution < 1.29 is 40.2 Å². The summed E-state index contributed by atoms with van der Waals surface area (Å²) in [4.78, 5) is 21.9. The standard InChI is InChI=1S/2C24H40O4.Mg/c2*1-14(4-7-21(27)28)17-5-6-18-22-19(9-11-24(17,18)3)23(2)10-8-16(25)12-15(23)13-20(22)26;/h2*14-20,22,25-26H,4-13H2,1-3H3,(H,27,28);/q;;+2/p-2/t2*14-,15+,16-,17-,18+,19+,20+,22+,23+,24-;/m11./s1. The first-order valence-corrected chi connectivity index (χ1v) is 23.4. The van der Waals surface area contributed by atoms with Crippen LogP contribution in [0, 0.1) is 92.7 Å². The number of rotatable bonds is 8. The maximum absolute atomic E-state index is 11.2. The molecule has 9 heteroatoms. The van der Waals surface area contributed by atoms with Crippen molar-refractivity contribution in [1.29, 1.82) is 0 Å².